The molecule has 4 nitrogen and oxygen atoms in total. The zero-order valence-electron chi connectivity index (χ0n) is 6.18. The summed E-state index contributed by atoms with van der Waals surface area (Å²) in [5, 5.41) is 0. The van der Waals surface area contributed by atoms with Gasteiger partial charge in [-0.05, 0) is 6.42 Å². The van der Waals surface area contributed by atoms with Crippen LogP contribution in [0.5, 0.6) is 0 Å². The molecule has 2 atom stereocenters. The van der Waals surface area contributed by atoms with Crippen LogP contribution in [0, 0.1) is 5.92 Å². The number of carbonyl (C=O) groups excluding carboxylic acids is 1. The van der Waals surface area contributed by atoms with Crippen LogP contribution in [-0.4, -0.2) is 12.3 Å². The first-order valence-electron chi connectivity index (χ1n) is 3.46. The second-order valence-electron chi connectivity index (χ2n) is 2.48. The molecule has 0 radical (unpaired) electrons. The molecule has 1 aliphatic heterocycles. The standard InChI is InChI=1S/C6H12N2O2/c1-3-4(2)5-7-8-6(9)10-5/h4-5,7H,3H2,1-2H3,(H,8,9). The third kappa shape index (κ3) is 1.39. The van der Waals surface area contributed by atoms with Crippen LogP contribution in [0.4, 0.5) is 4.79 Å². The van der Waals surface area contributed by atoms with Crippen molar-refractivity contribution in [1.82, 2.24) is 10.9 Å². The second-order valence-corrected chi connectivity index (χ2v) is 2.48. The van der Waals surface area contributed by atoms with Gasteiger partial charge in [0.05, 0.1) is 0 Å². The highest BCUT2D eigenvalue weighted by Crippen LogP contribution is 2.10. The minimum absolute atomic E-state index is 0.155. The lowest BCUT2D eigenvalue weighted by atomic mass is 10.1. The maximum atomic E-state index is 10.5. The van der Waals surface area contributed by atoms with E-state index in [2.05, 4.69) is 17.8 Å². The van der Waals surface area contributed by atoms with E-state index in [1.807, 2.05) is 6.92 Å². The van der Waals surface area contributed by atoms with Gasteiger partial charge in [0.1, 0.15) is 0 Å². The predicted octanol–water partition coefficient (Wildman–Crippen LogP) is 0.603. The first kappa shape index (κ1) is 7.34. The van der Waals surface area contributed by atoms with Crippen molar-refractivity contribution < 1.29 is 9.53 Å². The Kier molecular flexibility index (Phi) is 2.11. The summed E-state index contributed by atoms with van der Waals surface area (Å²) in [5.74, 6) is 0.360. The van der Waals surface area contributed by atoms with Gasteiger partial charge in [-0.25, -0.2) is 4.79 Å². The lowest BCUT2D eigenvalue weighted by molar-refractivity contribution is 0.0919. The molecule has 2 N–H and O–H groups in total. The van der Waals surface area contributed by atoms with E-state index >= 15 is 0 Å². The summed E-state index contributed by atoms with van der Waals surface area (Å²) in [6.07, 6.45) is 0.454. The minimum atomic E-state index is -0.384. The van der Waals surface area contributed by atoms with Crippen LogP contribution in [0.15, 0.2) is 0 Å². The molecule has 0 saturated carbocycles. The van der Waals surface area contributed by atoms with Gasteiger partial charge in [-0.1, -0.05) is 13.8 Å². The summed E-state index contributed by atoms with van der Waals surface area (Å²) in [6.45, 7) is 4.08. The lowest BCUT2D eigenvalue weighted by Crippen LogP contribution is -2.35. The Bertz CT molecular complexity index is 138. The molecule has 4 heteroatoms. The number of hydrogen-bond donors (Lipinski definition) is 2. The topological polar surface area (TPSA) is 50.4 Å². The van der Waals surface area contributed by atoms with E-state index in [0.29, 0.717) is 5.92 Å². The van der Waals surface area contributed by atoms with Crippen molar-refractivity contribution in [2.24, 2.45) is 5.92 Å². The van der Waals surface area contributed by atoms with Crippen LogP contribution in [0.2, 0.25) is 0 Å². The Morgan fingerprint density at radius 1 is 1.80 bits per heavy atom. The van der Waals surface area contributed by atoms with E-state index in [-0.39, 0.29) is 12.3 Å². The summed E-state index contributed by atoms with van der Waals surface area (Å²) in [4.78, 5) is 10.5. The molecule has 1 saturated heterocycles. The first-order chi connectivity index (χ1) is 4.74. The minimum Gasteiger partial charge on any atom is -0.428 e. The van der Waals surface area contributed by atoms with Crippen molar-refractivity contribution in [3.8, 4) is 0 Å². The fourth-order valence-corrected chi connectivity index (χ4v) is 0.777. The van der Waals surface area contributed by atoms with Gasteiger partial charge in [0.15, 0.2) is 6.23 Å². The molecule has 0 aromatic heterocycles. The van der Waals surface area contributed by atoms with Gasteiger partial charge in [-0.2, -0.15) is 5.43 Å². The molecule has 0 aromatic rings. The van der Waals surface area contributed by atoms with Gasteiger partial charge in [0.25, 0.3) is 0 Å². The Morgan fingerprint density at radius 2 is 2.50 bits per heavy atom. The molecule has 1 amide bonds. The normalized spacial score (nSPS) is 27.4. The Morgan fingerprint density at radius 3 is 2.90 bits per heavy atom. The van der Waals surface area contributed by atoms with E-state index in [1.54, 1.807) is 0 Å². The molecule has 0 spiro atoms. The average molecular weight is 144 g/mol. The van der Waals surface area contributed by atoms with Crippen molar-refractivity contribution in [2.75, 3.05) is 0 Å². The summed E-state index contributed by atoms with van der Waals surface area (Å²) in [7, 11) is 0. The average Bonchev–Trinajstić information content (AvgIpc) is 2.34. The van der Waals surface area contributed by atoms with Crippen LogP contribution in [0.3, 0.4) is 0 Å². The zero-order valence-corrected chi connectivity index (χ0v) is 6.18. The number of carbonyl (C=O) groups is 1. The number of cyclic esters (lactones) is 1. The molecule has 0 aliphatic carbocycles. The van der Waals surface area contributed by atoms with Crippen LogP contribution in [-0.2, 0) is 4.74 Å². The quantitative estimate of drug-likeness (QED) is 0.596. The van der Waals surface area contributed by atoms with Gasteiger partial charge < -0.3 is 4.74 Å². The summed E-state index contributed by atoms with van der Waals surface area (Å²) in [5.41, 5.74) is 5.11. The highest BCUT2D eigenvalue weighted by Gasteiger charge is 2.25. The van der Waals surface area contributed by atoms with Crippen LogP contribution in [0.25, 0.3) is 0 Å². The highest BCUT2D eigenvalue weighted by molar-refractivity contribution is 5.68. The second kappa shape index (κ2) is 2.88. The number of hydrogen-bond acceptors (Lipinski definition) is 3. The largest absolute Gasteiger partial charge is 0.428 e. The molecule has 58 valence electrons. The van der Waals surface area contributed by atoms with Gasteiger partial charge in [0.2, 0.25) is 0 Å². The van der Waals surface area contributed by atoms with E-state index < -0.39 is 0 Å². The van der Waals surface area contributed by atoms with Gasteiger partial charge >= 0.3 is 6.09 Å². The van der Waals surface area contributed by atoms with Crippen molar-refractivity contribution in [3.05, 3.63) is 0 Å². The number of rotatable bonds is 2. The van der Waals surface area contributed by atoms with Crippen LogP contribution >= 0.6 is 0 Å². The third-order valence-corrected chi connectivity index (χ3v) is 1.71. The van der Waals surface area contributed by atoms with E-state index in [4.69, 9.17) is 4.74 Å². The summed E-state index contributed by atoms with van der Waals surface area (Å²) < 4.78 is 4.85. The van der Waals surface area contributed by atoms with Crippen molar-refractivity contribution in [3.63, 3.8) is 0 Å². The van der Waals surface area contributed by atoms with Gasteiger partial charge in [-0.15, -0.1) is 0 Å². The van der Waals surface area contributed by atoms with E-state index in [1.165, 1.54) is 0 Å². The summed E-state index contributed by atoms with van der Waals surface area (Å²) >= 11 is 0. The predicted molar refractivity (Wildman–Crippen MR) is 36.0 cm³/mol. The zero-order chi connectivity index (χ0) is 7.56. The van der Waals surface area contributed by atoms with Crippen molar-refractivity contribution >= 4 is 6.09 Å². The third-order valence-electron chi connectivity index (χ3n) is 1.71. The highest BCUT2D eigenvalue weighted by atomic mass is 16.6. The Hall–Kier alpha value is -0.770. The number of ether oxygens (including phenoxy) is 1. The van der Waals surface area contributed by atoms with Crippen LogP contribution in [0.1, 0.15) is 20.3 Å². The monoisotopic (exact) mass is 144 g/mol. The van der Waals surface area contributed by atoms with E-state index in [0.717, 1.165) is 6.42 Å². The van der Waals surface area contributed by atoms with Gasteiger partial charge in [0, 0.05) is 5.92 Å². The number of nitrogens with one attached hydrogen (secondary N) is 2. The molecule has 0 bridgehead atoms. The van der Waals surface area contributed by atoms with Gasteiger partial charge in [-0.3, -0.25) is 5.43 Å². The smallest absolute Gasteiger partial charge is 0.423 e. The van der Waals surface area contributed by atoms with Crippen molar-refractivity contribution in [2.45, 2.75) is 26.5 Å². The fraction of sp³-hybridized carbons (Fsp3) is 0.833. The fourth-order valence-electron chi connectivity index (χ4n) is 0.777. The molecular formula is C6H12N2O2. The van der Waals surface area contributed by atoms with Crippen molar-refractivity contribution in [1.29, 1.82) is 0 Å². The molecular weight excluding hydrogens is 132 g/mol. The lowest BCUT2D eigenvalue weighted by Gasteiger charge is -2.13. The Balaban J connectivity index is 2.36. The molecule has 2 unspecified atom stereocenters. The summed E-state index contributed by atoms with van der Waals surface area (Å²) in [6, 6.07) is 0. The first-order valence-corrected chi connectivity index (χ1v) is 3.46. The SMILES string of the molecule is CCC(C)C1NNC(=O)O1. The number of amides is 1. The Labute approximate surface area is 59.9 Å². The maximum Gasteiger partial charge on any atom is 0.423 e. The molecule has 1 rings (SSSR count). The molecule has 1 fully saturated rings. The molecule has 1 aliphatic rings. The number of hydrazine groups is 1. The van der Waals surface area contributed by atoms with E-state index in [9.17, 15) is 4.79 Å². The maximum absolute atomic E-state index is 10.5. The molecule has 0 aromatic carbocycles. The molecule has 1 heterocycles. The van der Waals surface area contributed by atoms with Crippen LogP contribution < -0.4 is 10.9 Å². The molecule has 10 heavy (non-hydrogen) atoms.